The highest BCUT2D eigenvalue weighted by Gasteiger charge is 2.15. The lowest BCUT2D eigenvalue weighted by Crippen LogP contribution is -2.42. The molecule has 0 saturated carbocycles. The molecule has 0 aromatic heterocycles. The molecule has 0 bridgehead atoms. The lowest BCUT2D eigenvalue weighted by Gasteiger charge is -2.22. The van der Waals surface area contributed by atoms with Gasteiger partial charge in [-0.15, -0.1) is 0 Å². The fourth-order valence-electron chi connectivity index (χ4n) is 1.32. The Bertz CT molecular complexity index is 155. The maximum atomic E-state index is 11.2. The van der Waals surface area contributed by atoms with Crippen LogP contribution in [0.4, 0.5) is 0 Å². The summed E-state index contributed by atoms with van der Waals surface area (Å²) in [6.45, 7) is 4.06. The minimum atomic E-state index is -0.0441. The normalized spacial score (nSPS) is 22.7. The van der Waals surface area contributed by atoms with E-state index in [4.69, 9.17) is 9.47 Å². The van der Waals surface area contributed by atoms with E-state index in [9.17, 15) is 4.79 Å². The Hall–Kier alpha value is -0.610. The Morgan fingerprint density at radius 3 is 3.15 bits per heavy atom. The Morgan fingerprint density at radius 2 is 2.54 bits per heavy atom. The molecule has 1 amide bonds. The van der Waals surface area contributed by atoms with Gasteiger partial charge in [-0.1, -0.05) is 0 Å². The van der Waals surface area contributed by atoms with Gasteiger partial charge in [0.15, 0.2) is 0 Å². The molecule has 0 spiro atoms. The van der Waals surface area contributed by atoms with Crippen molar-refractivity contribution >= 4 is 5.91 Å². The van der Waals surface area contributed by atoms with Crippen LogP contribution in [0, 0.1) is 0 Å². The lowest BCUT2D eigenvalue weighted by atomic mass is 10.1. The van der Waals surface area contributed by atoms with E-state index in [2.05, 4.69) is 5.32 Å². The van der Waals surface area contributed by atoms with Crippen LogP contribution in [0.1, 0.15) is 19.8 Å². The van der Waals surface area contributed by atoms with Gasteiger partial charge in [-0.3, -0.25) is 4.79 Å². The van der Waals surface area contributed by atoms with Gasteiger partial charge in [0.2, 0.25) is 5.91 Å². The first kappa shape index (κ1) is 10.5. The largest absolute Gasteiger partial charge is 0.379 e. The number of amides is 1. The van der Waals surface area contributed by atoms with Crippen molar-refractivity contribution in [1.29, 1.82) is 0 Å². The van der Waals surface area contributed by atoms with E-state index in [0.717, 1.165) is 19.4 Å². The van der Waals surface area contributed by atoms with Gasteiger partial charge in [-0.05, 0) is 19.8 Å². The SMILES string of the molecule is CCOCC(=O)NC1CCCOC1. The van der Waals surface area contributed by atoms with E-state index in [-0.39, 0.29) is 18.6 Å². The predicted molar refractivity (Wildman–Crippen MR) is 48.5 cm³/mol. The smallest absolute Gasteiger partial charge is 0.246 e. The zero-order valence-corrected chi connectivity index (χ0v) is 8.04. The summed E-state index contributed by atoms with van der Waals surface area (Å²) in [6, 6.07) is 0.182. The van der Waals surface area contributed by atoms with Crippen LogP contribution in [0.15, 0.2) is 0 Å². The van der Waals surface area contributed by atoms with Gasteiger partial charge in [0.1, 0.15) is 6.61 Å². The standard InChI is InChI=1S/C9H17NO3/c1-2-12-7-9(11)10-8-4-3-5-13-6-8/h8H,2-7H2,1H3,(H,10,11). The summed E-state index contributed by atoms with van der Waals surface area (Å²) >= 11 is 0. The second kappa shape index (κ2) is 5.94. The van der Waals surface area contributed by atoms with Gasteiger partial charge < -0.3 is 14.8 Å². The molecule has 1 atom stereocenters. The molecule has 1 aliphatic heterocycles. The molecule has 1 rings (SSSR count). The Balaban J connectivity index is 2.11. The van der Waals surface area contributed by atoms with Crippen molar-refractivity contribution in [3.63, 3.8) is 0 Å². The molecule has 1 heterocycles. The molecule has 1 fully saturated rings. The highest BCUT2D eigenvalue weighted by Crippen LogP contribution is 2.05. The maximum Gasteiger partial charge on any atom is 0.246 e. The van der Waals surface area contributed by atoms with E-state index in [1.165, 1.54) is 0 Å². The number of nitrogens with one attached hydrogen (secondary N) is 1. The summed E-state index contributed by atoms with van der Waals surface area (Å²) in [5.41, 5.74) is 0. The first-order valence-corrected chi connectivity index (χ1v) is 4.77. The molecule has 0 aliphatic carbocycles. The van der Waals surface area contributed by atoms with Crippen LogP contribution in [-0.4, -0.2) is 38.4 Å². The molecular weight excluding hydrogens is 170 g/mol. The second-order valence-electron chi connectivity index (χ2n) is 3.12. The van der Waals surface area contributed by atoms with Gasteiger partial charge in [0.25, 0.3) is 0 Å². The van der Waals surface area contributed by atoms with Gasteiger partial charge in [0, 0.05) is 13.2 Å². The van der Waals surface area contributed by atoms with E-state index in [1.807, 2.05) is 6.92 Å². The number of ether oxygens (including phenoxy) is 2. The van der Waals surface area contributed by atoms with Crippen molar-refractivity contribution in [2.75, 3.05) is 26.4 Å². The molecule has 1 saturated heterocycles. The summed E-state index contributed by atoms with van der Waals surface area (Å²) in [5.74, 6) is -0.0441. The van der Waals surface area contributed by atoms with E-state index in [0.29, 0.717) is 13.2 Å². The molecule has 1 N–H and O–H groups in total. The fraction of sp³-hybridized carbons (Fsp3) is 0.889. The van der Waals surface area contributed by atoms with Crippen molar-refractivity contribution in [1.82, 2.24) is 5.32 Å². The number of carbonyl (C=O) groups is 1. The minimum Gasteiger partial charge on any atom is -0.379 e. The first-order chi connectivity index (χ1) is 6.33. The highest BCUT2D eigenvalue weighted by atomic mass is 16.5. The fourth-order valence-corrected chi connectivity index (χ4v) is 1.32. The number of hydrogen-bond donors (Lipinski definition) is 1. The van der Waals surface area contributed by atoms with Gasteiger partial charge >= 0.3 is 0 Å². The van der Waals surface area contributed by atoms with Crippen LogP contribution in [0.3, 0.4) is 0 Å². The highest BCUT2D eigenvalue weighted by molar-refractivity contribution is 5.77. The molecule has 1 aliphatic rings. The Morgan fingerprint density at radius 1 is 1.69 bits per heavy atom. The molecule has 0 radical (unpaired) electrons. The van der Waals surface area contributed by atoms with Crippen molar-refractivity contribution in [3.05, 3.63) is 0 Å². The monoisotopic (exact) mass is 187 g/mol. The van der Waals surface area contributed by atoms with Crippen molar-refractivity contribution < 1.29 is 14.3 Å². The molecule has 76 valence electrons. The van der Waals surface area contributed by atoms with Crippen LogP contribution < -0.4 is 5.32 Å². The third-order valence-electron chi connectivity index (χ3n) is 1.96. The van der Waals surface area contributed by atoms with Crippen LogP contribution in [-0.2, 0) is 14.3 Å². The first-order valence-electron chi connectivity index (χ1n) is 4.77. The summed E-state index contributed by atoms with van der Waals surface area (Å²) < 4.78 is 10.2. The lowest BCUT2D eigenvalue weighted by molar-refractivity contribution is -0.127. The van der Waals surface area contributed by atoms with E-state index in [1.54, 1.807) is 0 Å². The Labute approximate surface area is 78.6 Å². The van der Waals surface area contributed by atoms with E-state index < -0.39 is 0 Å². The van der Waals surface area contributed by atoms with Crippen LogP contribution in [0.25, 0.3) is 0 Å². The Kier molecular flexibility index (Phi) is 4.78. The van der Waals surface area contributed by atoms with Crippen LogP contribution in [0.5, 0.6) is 0 Å². The summed E-state index contributed by atoms with van der Waals surface area (Å²) in [6.07, 6.45) is 2.04. The maximum absolute atomic E-state index is 11.2. The van der Waals surface area contributed by atoms with Crippen molar-refractivity contribution in [2.45, 2.75) is 25.8 Å². The van der Waals surface area contributed by atoms with Crippen molar-refractivity contribution in [2.24, 2.45) is 0 Å². The summed E-state index contributed by atoms with van der Waals surface area (Å²) in [4.78, 5) is 11.2. The van der Waals surface area contributed by atoms with Crippen LogP contribution >= 0.6 is 0 Å². The molecular formula is C9H17NO3. The quantitative estimate of drug-likeness (QED) is 0.689. The van der Waals surface area contributed by atoms with Gasteiger partial charge in [-0.25, -0.2) is 0 Å². The number of carbonyl (C=O) groups excluding carboxylic acids is 1. The molecule has 4 nitrogen and oxygen atoms in total. The predicted octanol–water partition coefficient (Wildman–Crippen LogP) is 0.318. The number of rotatable bonds is 4. The average molecular weight is 187 g/mol. The summed E-state index contributed by atoms with van der Waals surface area (Å²) in [7, 11) is 0. The van der Waals surface area contributed by atoms with Gasteiger partial charge in [0.05, 0.1) is 12.6 Å². The van der Waals surface area contributed by atoms with Gasteiger partial charge in [-0.2, -0.15) is 0 Å². The second-order valence-corrected chi connectivity index (χ2v) is 3.12. The average Bonchev–Trinajstić information content (AvgIpc) is 2.16. The molecule has 13 heavy (non-hydrogen) atoms. The molecule has 4 heteroatoms. The molecule has 0 aromatic rings. The van der Waals surface area contributed by atoms with E-state index >= 15 is 0 Å². The third-order valence-corrected chi connectivity index (χ3v) is 1.96. The third kappa shape index (κ3) is 4.24. The molecule has 0 aromatic carbocycles. The topological polar surface area (TPSA) is 47.6 Å². The van der Waals surface area contributed by atoms with Crippen LogP contribution in [0.2, 0.25) is 0 Å². The minimum absolute atomic E-state index is 0.0441. The summed E-state index contributed by atoms with van der Waals surface area (Å²) in [5, 5.41) is 2.86. The number of hydrogen-bond acceptors (Lipinski definition) is 3. The molecule has 1 unspecified atom stereocenters. The zero-order chi connectivity index (χ0) is 9.52. The van der Waals surface area contributed by atoms with Crippen molar-refractivity contribution in [3.8, 4) is 0 Å². The zero-order valence-electron chi connectivity index (χ0n) is 8.04.